The first-order valence-corrected chi connectivity index (χ1v) is 14.8. The van der Waals surface area contributed by atoms with Crippen molar-refractivity contribution in [2.24, 2.45) is 5.73 Å². The Bertz CT molecular complexity index is 2020. The van der Waals surface area contributed by atoms with Crippen molar-refractivity contribution in [3.05, 3.63) is 105 Å². The zero-order valence-corrected chi connectivity index (χ0v) is 26.3. The van der Waals surface area contributed by atoms with Crippen molar-refractivity contribution in [1.82, 2.24) is 20.1 Å². The van der Waals surface area contributed by atoms with Gasteiger partial charge in [0, 0.05) is 23.6 Å². The molecule has 0 saturated carbocycles. The molecule has 4 N–H and O–H groups in total. The molecule has 0 bridgehead atoms. The molecule has 16 heteroatoms. The Balaban J connectivity index is 1.72. The molecule has 5 rings (SSSR count). The van der Waals surface area contributed by atoms with Crippen molar-refractivity contribution in [2.45, 2.75) is 56.9 Å². The summed E-state index contributed by atoms with van der Waals surface area (Å²) in [5.41, 5.74) is 0.343. The SMILES string of the molecule is CC(C)(O)C#Cc1ccc(-c2ccc(Cl)c(C(N)=O)c2)c(C(Cc2cc(F)cc(F)c2)NC(=O)n2nc(C(F)(F)F)c3c2C(F)(F)CC3)n1. The lowest BCUT2D eigenvalue weighted by atomic mass is 9.94. The smallest absolute Gasteiger partial charge is 0.378 e. The van der Waals surface area contributed by atoms with Crippen molar-refractivity contribution in [3.8, 4) is 23.0 Å². The normalized spacial score (nSPS) is 14.5. The molecule has 0 saturated heterocycles. The van der Waals surface area contributed by atoms with Crippen LogP contribution in [-0.2, 0) is 24.9 Å². The van der Waals surface area contributed by atoms with Gasteiger partial charge < -0.3 is 16.2 Å². The van der Waals surface area contributed by atoms with Crippen LogP contribution in [0.2, 0.25) is 5.02 Å². The van der Waals surface area contributed by atoms with Gasteiger partial charge in [-0.2, -0.15) is 31.7 Å². The number of nitrogens with zero attached hydrogens (tertiary/aromatic N) is 3. The number of aliphatic hydroxyl groups is 1. The molecule has 0 aliphatic heterocycles. The van der Waals surface area contributed by atoms with Crippen LogP contribution in [0.3, 0.4) is 0 Å². The maximum atomic E-state index is 14.9. The molecule has 4 aromatic rings. The number of alkyl halides is 5. The average Bonchev–Trinajstić information content (AvgIpc) is 3.53. The molecule has 1 atom stereocenters. The highest BCUT2D eigenvalue weighted by Crippen LogP contribution is 2.46. The number of nitrogens with two attached hydrogens (primary N) is 1. The van der Waals surface area contributed by atoms with Gasteiger partial charge in [-0.15, -0.1) is 0 Å². The van der Waals surface area contributed by atoms with Gasteiger partial charge in [-0.1, -0.05) is 23.6 Å². The minimum atomic E-state index is -5.16. The average molecular weight is 708 g/mol. The van der Waals surface area contributed by atoms with Gasteiger partial charge in [0.2, 0.25) is 5.91 Å². The first-order chi connectivity index (χ1) is 22.7. The van der Waals surface area contributed by atoms with E-state index < -0.39 is 83.5 Å². The number of carbonyl (C=O) groups is 2. The molecular formula is C33H25ClF7N5O3. The topological polar surface area (TPSA) is 123 Å². The molecular weight excluding hydrogens is 683 g/mol. The lowest BCUT2D eigenvalue weighted by Gasteiger charge is -2.23. The summed E-state index contributed by atoms with van der Waals surface area (Å²) in [6.07, 6.45) is -7.33. The van der Waals surface area contributed by atoms with E-state index in [1.54, 1.807) is 0 Å². The fourth-order valence-electron chi connectivity index (χ4n) is 5.38. The van der Waals surface area contributed by atoms with Crippen LogP contribution in [0.5, 0.6) is 0 Å². The van der Waals surface area contributed by atoms with Crippen LogP contribution >= 0.6 is 11.6 Å². The monoisotopic (exact) mass is 707 g/mol. The van der Waals surface area contributed by atoms with Gasteiger partial charge in [0.1, 0.15) is 28.6 Å². The Morgan fingerprint density at radius 3 is 2.39 bits per heavy atom. The molecule has 2 heterocycles. The van der Waals surface area contributed by atoms with E-state index in [4.69, 9.17) is 17.3 Å². The van der Waals surface area contributed by atoms with Crippen molar-refractivity contribution < 1.29 is 45.4 Å². The largest absolute Gasteiger partial charge is 0.435 e. The first kappa shape index (κ1) is 35.4. The van der Waals surface area contributed by atoms with E-state index >= 15 is 0 Å². The molecule has 0 radical (unpaired) electrons. The summed E-state index contributed by atoms with van der Waals surface area (Å²) in [6, 6.07) is 6.34. The molecule has 49 heavy (non-hydrogen) atoms. The number of hydrogen-bond donors (Lipinski definition) is 3. The van der Waals surface area contributed by atoms with E-state index in [0.717, 1.165) is 12.1 Å². The van der Waals surface area contributed by atoms with Gasteiger partial charge in [-0.05, 0) is 80.1 Å². The van der Waals surface area contributed by atoms with Gasteiger partial charge in [0.15, 0.2) is 5.69 Å². The maximum Gasteiger partial charge on any atom is 0.435 e. The number of hydrogen-bond acceptors (Lipinski definition) is 5. The van der Waals surface area contributed by atoms with Crippen molar-refractivity contribution >= 4 is 23.5 Å². The van der Waals surface area contributed by atoms with Crippen LogP contribution in [0.4, 0.5) is 35.5 Å². The lowest BCUT2D eigenvalue weighted by Crippen LogP contribution is -2.37. The summed E-state index contributed by atoms with van der Waals surface area (Å²) in [5, 5.41) is 15.7. The Hall–Kier alpha value is -4.94. The molecule has 1 aliphatic rings. The summed E-state index contributed by atoms with van der Waals surface area (Å²) >= 11 is 6.13. The minimum absolute atomic E-state index is 0.000469. The summed E-state index contributed by atoms with van der Waals surface area (Å²) in [5.74, 6) is -1.53. The number of aromatic nitrogens is 3. The minimum Gasteiger partial charge on any atom is -0.378 e. The molecule has 1 unspecified atom stereocenters. The summed E-state index contributed by atoms with van der Waals surface area (Å²) in [6.45, 7) is 2.78. The Kier molecular flexibility index (Phi) is 9.26. The molecule has 8 nitrogen and oxygen atoms in total. The third-order valence-corrected chi connectivity index (χ3v) is 7.76. The molecule has 0 fully saturated rings. The number of pyridine rings is 1. The van der Waals surface area contributed by atoms with Gasteiger partial charge in [0.05, 0.1) is 22.3 Å². The summed E-state index contributed by atoms with van der Waals surface area (Å²) in [4.78, 5) is 30.3. The number of amides is 2. The molecule has 1 aliphatic carbocycles. The van der Waals surface area contributed by atoms with E-state index in [1.165, 1.54) is 44.2 Å². The maximum absolute atomic E-state index is 14.9. The highest BCUT2D eigenvalue weighted by Gasteiger charge is 2.51. The second-order valence-electron chi connectivity index (χ2n) is 11.8. The highest BCUT2D eigenvalue weighted by molar-refractivity contribution is 6.33. The van der Waals surface area contributed by atoms with Crippen LogP contribution in [0.1, 0.15) is 70.6 Å². The number of primary amides is 1. The zero-order chi connectivity index (χ0) is 36.1. The quantitative estimate of drug-likeness (QED) is 0.152. The van der Waals surface area contributed by atoms with Gasteiger partial charge in [-0.25, -0.2) is 18.6 Å². The molecule has 2 aromatic carbocycles. The number of halogens is 8. The predicted octanol–water partition coefficient (Wildman–Crippen LogP) is 6.70. The number of carbonyl (C=O) groups excluding carboxylic acids is 2. The fraction of sp³-hybridized carbons (Fsp3) is 0.273. The molecule has 256 valence electrons. The highest BCUT2D eigenvalue weighted by atomic mass is 35.5. The van der Waals surface area contributed by atoms with Crippen LogP contribution in [-0.4, -0.2) is 37.4 Å². The number of benzene rings is 2. The molecule has 2 aromatic heterocycles. The third kappa shape index (κ3) is 7.71. The van der Waals surface area contributed by atoms with E-state index in [9.17, 15) is 45.4 Å². The van der Waals surface area contributed by atoms with Crippen LogP contribution in [0.25, 0.3) is 11.1 Å². The van der Waals surface area contributed by atoms with Crippen LogP contribution in [0.15, 0.2) is 48.5 Å². The van der Waals surface area contributed by atoms with Crippen molar-refractivity contribution in [3.63, 3.8) is 0 Å². The molecule has 2 amide bonds. The Morgan fingerprint density at radius 2 is 1.78 bits per heavy atom. The van der Waals surface area contributed by atoms with Gasteiger partial charge in [-0.3, -0.25) is 4.79 Å². The summed E-state index contributed by atoms with van der Waals surface area (Å²) in [7, 11) is 0. The van der Waals surface area contributed by atoms with Crippen molar-refractivity contribution in [2.75, 3.05) is 0 Å². The first-order valence-electron chi connectivity index (χ1n) is 14.4. The van der Waals surface area contributed by atoms with Crippen molar-refractivity contribution in [1.29, 1.82) is 0 Å². The Morgan fingerprint density at radius 1 is 1.10 bits per heavy atom. The Labute approximate surface area is 279 Å². The number of nitrogens with one attached hydrogen (secondary N) is 1. The van der Waals surface area contributed by atoms with Gasteiger partial charge in [0.25, 0.3) is 5.92 Å². The second kappa shape index (κ2) is 12.8. The van der Waals surface area contributed by atoms with Crippen LogP contribution in [0, 0.1) is 23.5 Å². The summed E-state index contributed by atoms with van der Waals surface area (Å²) < 4.78 is 99.8. The second-order valence-corrected chi connectivity index (χ2v) is 12.2. The molecule has 0 spiro atoms. The fourth-order valence-corrected chi connectivity index (χ4v) is 5.59. The predicted molar refractivity (Wildman–Crippen MR) is 163 cm³/mol. The standard InChI is InChI=1S/C33H25ClF7N5O3/c1-31(2,49)9-7-20-4-5-21(17-3-6-24(34)23(14-17)29(42)47)26(43-20)25(13-16-11-18(35)15-19(36)12-16)44-30(48)46-28-22(8-10-32(28,37)38)27(45-46)33(39,40)41/h3-6,11-12,14-15,25,49H,8,10,13H2,1-2H3,(H2,42,47)(H,44,48). The third-order valence-electron chi connectivity index (χ3n) is 7.43. The van der Waals surface area contributed by atoms with E-state index in [2.05, 4.69) is 27.2 Å². The lowest BCUT2D eigenvalue weighted by molar-refractivity contribution is -0.142. The van der Waals surface area contributed by atoms with Crippen LogP contribution < -0.4 is 11.1 Å². The van der Waals surface area contributed by atoms with E-state index in [-0.39, 0.29) is 43.3 Å². The van der Waals surface area contributed by atoms with E-state index in [1.807, 2.05) is 0 Å². The zero-order valence-electron chi connectivity index (χ0n) is 25.5. The number of rotatable bonds is 6. The van der Waals surface area contributed by atoms with E-state index in [0.29, 0.717) is 6.07 Å². The number of fused-ring (bicyclic) bond motifs is 1. The van der Waals surface area contributed by atoms with Gasteiger partial charge >= 0.3 is 12.2 Å².